The van der Waals surface area contributed by atoms with Crippen LogP contribution in [-0.2, 0) is 0 Å². The van der Waals surface area contributed by atoms with Crippen molar-refractivity contribution in [2.75, 3.05) is 5.73 Å². The van der Waals surface area contributed by atoms with E-state index < -0.39 is 11.6 Å². The third-order valence-corrected chi connectivity index (χ3v) is 3.52. The Morgan fingerprint density at radius 1 is 1.05 bits per heavy atom. The summed E-state index contributed by atoms with van der Waals surface area (Å²) in [6, 6.07) is 8.70. The van der Waals surface area contributed by atoms with Crippen LogP contribution in [0.2, 0.25) is 0 Å². The number of nitrogens with zero attached hydrogens (tertiary/aromatic N) is 4. The molecule has 0 aliphatic heterocycles. The van der Waals surface area contributed by atoms with Crippen molar-refractivity contribution in [2.45, 2.75) is 0 Å². The molecule has 106 valence electrons. The van der Waals surface area contributed by atoms with Gasteiger partial charge in [-0.25, -0.2) is 8.78 Å². The van der Waals surface area contributed by atoms with Gasteiger partial charge >= 0.3 is 0 Å². The maximum Gasteiger partial charge on any atom is 0.187 e. The van der Waals surface area contributed by atoms with Gasteiger partial charge in [-0.1, -0.05) is 0 Å². The van der Waals surface area contributed by atoms with Crippen LogP contribution in [0.5, 0.6) is 0 Å². The zero-order valence-corrected chi connectivity index (χ0v) is 12.1. The smallest absolute Gasteiger partial charge is 0.187 e. The number of hydrogen-bond donors (Lipinski definition) is 1. The Kier molecular flexibility index (Phi) is 3.38. The summed E-state index contributed by atoms with van der Waals surface area (Å²) >= 11 is 3.07. The van der Waals surface area contributed by atoms with Crippen molar-refractivity contribution in [3.05, 3.63) is 52.5 Å². The highest BCUT2D eigenvalue weighted by atomic mass is 79.9. The van der Waals surface area contributed by atoms with Crippen molar-refractivity contribution < 1.29 is 8.78 Å². The van der Waals surface area contributed by atoms with Crippen LogP contribution in [0.3, 0.4) is 0 Å². The summed E-state index contributed by atoms with van der Waals surface area (Å²) in [6.45, 7) is 0. The van der Waals surface area contributed by atoms with Crippen LogP contribution in [0.1, 0.15) is 0 Å². The SMILES string of the molecule is Nc1ccc(-c2nnnn2-c2ccc(Br)c(F)c2)cc1F. The summed E-state index contributed by atoms with van der Waals surface area (Å²) in [4.78, 5) is 0. The third-order valence-electron chi connectivity index (χ3n) is 2.88. The number of nitrogen functional groups attached to an aromatic ring is 1. The van der Waals surface area contributed by atoms with Crippen molar-refractivity contribution in [3.63, 3.8) is 0 Å². The fraction of sp³-hybridized carbons (Fsp3) is 0. The minimum atomic E-state index is -0.566. The summed E-state index contributed by atoms with van der Waals surface area (Å²) in [5.41, 5.74) is 6.34. The van der Waals surface area contributed by atoms with Gasteiger partial charge in [-0.3, -0.25) is 0 Å². The average molecular weight is 352 g/mol. The van der Waals surface area contributed by atoms with E-state index in [2.05, 4.69) is 31.5 Å². The van der Waals surface area contributed by atoms with E-state index in [1.165, 1.54) is 22.9 Å². The van der Waals surface area contributed by atoms with Gasteiger partial charge in [0.2, 0.25) is 0 Å². The fourth-order valence-corrected chi connectivity index (χ4v) is 2.07. The number of benzene rings is 2. The molecule has 8 heteroatoms. The number of rotatable bonds is 2. The molecule has 0 saturated carbocycles. The molecule has 0 atom stereocenters. The molecule has 21 heavy (non-hydrogen) atoms. The highest BCUT2D eigenvalue weighted by molar-refractivity contribution is 9.10. The van der Waals surface area contributed by atoms with Crippen molar-refractivity contribution >= 4 is 21.6 Å². The first kappa shape index (κ1) is 13.6. The van der Waals surface area contributed by atoms with E-state index in [4.69, 9.17) is 5.73 Å². The number of tetrazole rings is 1. The van der Waals surface area contributed by atoms with Crippen LogP contribution >= 0.6 is 15.9 Å². The van der Waals surface area contributed by atoms with Gasteiger partial charge in [0.1, 0.15) is 11.6 Å². The van der Waals surface area contributed by atoms with Crippen molar-refractivity contribution in [2.24, 2.45) is 0 Å². The first-order valence-corrected chi connectivity index (χ1v) is 6.65. The van der Waals surface area contributed by atoms with E-state index in [0.717, 1.165) is 0 Å². The molecule has 0 spiro atoms. The van der Waals surface area contributed by atoms with E-state index in [0.29, 0.717) is 15.7 Å². The molecule has 0 bridgehead atoms. The number of aromatic nitrogens is 4. The maximum atomic E-state index is 13.6. The van der Waals surface area contributed by atoms with Gasteiger partial charge in [-0.15, -0.1) is 5.10 Å². The van der Waals surface area contributed by atoms with Crippen molar-refractivity contribution in [1.29, 1.82) is 0 Å². The summed E-state index contributed by atoms with van der Waals surface area (Å²) in [6.07, 6.45) is 0. The lowest BCUT2D eigenvalue weighted by Crippen LogP contribution is -2.01. The molecule has 1 heterocycles. The van der Waals surface area contributed by atoms with E-state index in [1.54, 1.807) is 18.2 Å². The molecule has 0 radical (unpaired) electrons. The van der Waals surface area contributed by atoms with Gasteiger partial charge in [-0.2, -0.15) is 4.68 Å². The van der Waals surface area contributed by atoms with Gasteiger partial charge in [0.05, 0.1) is 15.8 Å². The van der Waals surface area contributed by atoms with Crippen LogP contribution < -0.4 is 5.73 Å². The molecule has 0 saturated heterocycles. The Hall–Kier alpha value is -2.35. The zero-order chi connectivity index (χ0) is 15.0. The molecular formula is C13H8BrF2N5. The lowest BCUT2D eigenvalue weighted by Gasteiger charge is -2.06. The molecule has 0 amide bonds. The molecule has 0 aliphatic carbocycles. The van der Waals surface area contributed by atoms with Gasteiger partial charge in [0.25, 0.3) is 0 Å². The van der Waals surface area contributed by atoms with Crippen LogP contribution in [0.25, 0.3) is 17.1 Å². The number of halogens is 3. The second-order valence-electron chi connectivity index (χ2n) is 4.25. The Morgan fingerprint density at radius 2 is 1.86 bits per heavy atom. The quantitative estimate of drug-likeness (QED) is 0.720. The zero-order valence-electron chi connectivity index (χ0n) is 10.5. The maximum absolute atomic E-state index is 13.6. The Bertz CT molecular complexity index is 752. The van der Waals surface area contributed by atoms with E-state index >= 15 is 0 Å². The Balaban J connectivity index is 2.12. The van der Waals surface area contributed by atoms with E-state index in [-0.39, 0.29) is 11.5 Å². The minimum Gasteiger partial charge on any atom is -0.396 e. The van der Waals surface area contributed by atoms with Crippen LogP contribution in [0, 0.1) is 11.6 Å². The molecule has 3 aromatic rings. The molecule has 2 N–H and O–H groups in total. The topological polar surface area (TPSA) is 69.6 Å². The summed E-state index contributed by atoms with van der Waals surface area (Å²) in [7, 11) is 0. The lowest BCUT2D eigenvalue weighted by atomic mass is 10.2. The Labute approximate surface area is 126 Å². The van der Waals surface area contributed by atoms with E-state index in [9.17, 15) is 8.78 Å². The standard InChI is InChI=1S/C13H8BrF2N5/c14-9-3-2-8(6-10(9)15)21-13(18-19-20-21)7-1-4-12(17)11(16)5-7/h1-6H,17H2. The number of nitrogens with two attached hydrogens (primary N) is 1. The summed E-state index contributed by atoms with van der Waals surface area (Å²) in [5.74, 6) is -0.725. The van der Waals surface area contributed by atoms with Crippen LogP contribution in [-0.4, -0.2) is 20.2 Å². The highest BCUT2D eigenvalue weighted by Crippen LogP contribution is 2.24. The molecular weight excluding hydrogens is 344 g/mol. The minimum absolute atomic E-state index is 0.0347. The molecule has 0 unspecified atom stereocenters. The highest BCUT2D eigenvalue weighted by Gasteiger charge is 2.13. The van der Waals surface area contributed by atoms with Gasteiger partial charge < -0.3 is 5.73 Å². The molecule has 5 nitrogen and oxygen atoms in total. The predicted molar refractivity (Wildman–Crippen MR) is 76.6 cm³/mol. The Morgan fingerprint density at radius 3 is 2.57 bits per heavy atom. The van der Waals surface area contributed by atoms with Gasteiger partial charge in [0.15, 0.2) is 5.82 Å². The molecule has 0 aliphatic rings. The van der Waals surface area contributed by atoms with Crippen LogP contribution in [0.15, 0.2) is 40.9 Å². The van der Waals surface area contributed by atoms with E-state index in [1.807, 2.05) is 0 Å². The first-order chi connectivity index (χ1) is 10.1. The molecule has 0 fully saturated rings. The van der Waals surface area contributed by atoms with Gasteiger partial charge in [-0.05, 0) is 56.7 Å². The molecule has 2 aromatic carbocycles. The van der Waals surface area contributed by atoms with Crippen LogP contribution in [0.4, 0.5) is 14.5 Å². The fourth-order valence-electron chi connectivity index (χ4n) is 1.82. The lowest BCUT2D eigenvalue weighted by molar-refractivity contribution is 0.618. The molecule has 1 aromatic heterocycles. The third kappa shape index (κ3) is 2.49. The molecule has 3 rings (SSSR count). The largest absolute Gasteiger partial charge is 0.396 e. The summed E-state index contributed by atoms with van der Waals surface area (Å²) in [5, 5.41) is 11.2. The van der Waals surface area contributed by atoms with Crippen molar-refractivity contribution in [1.82, 2.24) is 20.2 Å². The average Bonchev–Trinajstić information content (AvgIpc) is 2.94. The number of anilines is 1. The second-order valence-corrected chi connectivity index (χ2v) is 5.10. The number of hydrogen-bond acceptors (Lipinski definition) is 4. The first-order valence-electron chi connectivity index (χ1n) is 5.85. The summed E-state index contributed by atoms with van der Waals surface area (Å²) < 4.78 is 28.8. The van der Waals surface area contributed by atoms with Gasteiger partial charge in [0, 0.05) is 11.6 Å². The van der Waals surface area contributed by atoms with Crippen molar-refractivity contribution in [3.8, 4) is 17.1 Å². The monoisotopic (exact) mass is 351 g/mol. The second kappa shape index (κ2) is 5.21. The predicted octanol–water partition coefficient (Wildman–Crippen LogP) is 2.95. The normalized spacial score (nSPS) is 10.8.